The highest BCUT2D eigenvalue weighted by Crippen LogP contribution is 2.38. The molecule has 0 amide bonds. The Labute approximate surface area is 167 Å². The molecule has 3 aromatic rings. The number of fused-ring (bicyclic) bond motifs is 1. The van der Waals surface area contributed by atoms with E-state index in [2.05, 4.69) is 20.6 Å². The molecule has 160 valence electrons. The zero-order chi connectivity index (χ0) is 21.7. The van der Waals surface area contributed by atoms with E-state index in [1.54, 1.807) is 0 Å². The van der Waals surface area contributed by atoms with Gasteiger partial charge in [-0.15, -0.1) is 0 Å². The Kier molecular flexibility index (Phi) is 4.89. The maximum absolute atomic E-state index is 14.2. The Balaban J connectivity index is 1.74. The molecule has 0 unspecified atom stereocenters. The van der Waals surface area contributed by atoms with E-state index in [9.17, 15) is 27.1 Å². The molecule has 0 spiro atoms. The molecule has 3 aromatic heterocycles. The minimum Gasteiger partial charge on any atom is -0.376 e. The molecule has 1 fully saturated rings. The molecule has 3 N–H and O–H groups in total. The van der Waals surface area contributed by atoms with Gasteiger partial charge in [-0.3, -0.25) is 4.40 Å². The summed E-state index contributed by atoms with van der Waals surface area (Å²) >= 11 is 0. The third-order valence-electron chi connectivity index (χ3n) is 5.19. The zero-order valence-corrected chi connectivity index (χ0v) is 15.7. The average molecular weight is 427 g/mol. The van der Waals surface area contributed by atoms with Crippen molar-refractivity contribution in [3.63, 3.8) is 0 Å². The fourth-order valence-corrected chi connectivity index (χ4v) is 3.27. The maximum atomic E-state index is 14.2. The monoisotopic (exact) mass is 427 g/mol. The summed E-state index contributed by atoms with van der Waals surface area (Å²) in [7, 11) is 0. The molecular weight excluding hydrogens is 409 g/mol. The second-order valence-electron chi connectivity index (χ2n) is 7.31. The van der Waals surface area contributed by atoms with Crippen LogP contribution in [-0.2, 0) is 5.60 Å². The van der Waals surface area contributed by atoms with Gasteiger partial charge in [-0.25, -0.2) is 18.7 Å². The first-order valence-corrected chi connectivity index (χ1v) is 9.13. The van der Waals surface area contributed by atoms with E-state index >= 15 is 0 Å². The lowest BCUT2D eigenvalue weighted by atomic mass is 9.97. The van der Waals surface area contributed by atoms with Crippen LogP contribution in [0.25, 0.3) is 17.0 Å². The average Bonchev–Trinajstić information content (AvgIpc) is 3.28. The SMILES string of the molecule is C[C@](O)(c1ccc2ncc(-c3ccc(F)c(N[C@@H]4CNC[C@H]4F)n3)n2c1)C(F)(F)F. The minimum atomic E-state index is -4.88. The molecule has 0 radical (unpaired) electrons. The van der Waals surface area contributed by atoms with Crippen LogP contribution in [0.5, 0.6) is 0 Å². The van der Waals surface area contributed by atoms with Crippen LogP contribution < -0.4 is 10.6 Å². The predicted octanol–water partition coefficient (Wildman–Crippen LogP) is 3.03. The summed E-state index contributed by atoms with van der Waals surface area (Å²) in [4.78, 5) is 8.30. The number of rotatable bonds is 4. The van der Waals surface area contributed by atoms with Gasteiger partial charge in [-0.05, 0) is 25.1 Å². The van der Waals surface area contributed by atoms with Gasteiger partial charge in [0.15, 0.2) is 17.2 Å². The molecule has 0 aromatic carbocycles. The van der Waals surface area contributed by atoms with Crippen LogP contribution in [0.1, 0.15) is 12.5 Å². The van der Waals surface area contributed by atoms with Crippen molar-refractivity contribution in [2.45, 2.75) is 30.9 Å². The molecular formula is C19H18F5N5O. The van der Waals surface area contributed by atoms with Gasteiger partial charge < -0.3 is 15.7 Å². The minimum absolute atomic E-state index is 0.147. The first-order chi connectivity index (χ1) is 14.1. The van der Waals surface area contributed by atoms with E-state index in [-0.39, 0.29) is 29.3 Å². The quantitative estimate of drug-likeness (QED) is 0.559. The summed E-state index contributed by atoms with van der Waals surface area (Å²) in [6.07, 6.45) is -3.61. The van der Waals surface area contributed by atoms with Crippen LogP contribution in [0.3, 0.4) is 0 Å². The topological polar surface area (TPSA) is 74.5 Å². The molecule has 1 aliphatic rings. The van der Waals surface area contributed by atoms with Crippen LogP contribution in [0.15, 0.2) is 36.7 Å². The lowest BCUT2D eigenvalue weighted by Crippen LogP contribution is -2.39. The summed E-state index contributed by atoms with van der Waals surface area (Å²) in [5.41, 5.74) is -2.64. The number of hydrogen-bond donors (Lipinski definition) is 3. The van der Waals surface area contributed by atoms with Crippen molar-refractivity contribution >= 4 is 11.5 Å². The van der Waals surface area contributed by atoms with E-state index in [0.717, 1.165) is 18.3 Å². The fraction of sp³-hybridized carbons (Fsp3) is 0.368. The lowest BCUT2D eigenvalue weighted by molar-refractivity contribution is -0.259. The second-order valence-corrected chi connectivity index (χ2v) is 7.31. The van der Waals surface area contributed by atoms with Crippen molar-refractivity contribution in [2.75, 3.05) is 18.4 Å². The number of alkyl halides is 4. The Bertz CT molecular complexity index is 1080. The molecule has 1 saturated heterocycles. The van der Waals surface area contributed by atoms with Crippen molar-refractivity contribution in [3.8, 4) is 11.4 Å². The van der Waals surface area contributed by atoms with E-state index in [1.807, 2.05) is 0 Å². The van der Waals surface area contributed by atoms with Crippen LogP contribution in [0.4, 0.5) is 27.8 Å². The summed E-state index contributed by atoms with van der Waals surface area (Å²) in [5, 5.41) is 15.5. The number of anilines is 1. The van der Waals surface area contributed by atoms with E-state index in [1.165, 1.54) is 22.7 Å². The zero-order valence-electron chi connectivity index (χ0n) is 15.7. The number of aliphatic hydroxyl groups is 1. The van der Waals surface area contributed by atoms with Crippen molar-refractivity contribution in [3.05, 3.63) is 48.0 Å². The van der Waals surface area contributed by atoms with Gasteiger partial charge in [0, 0.05) is 24.8 Å². The third-order valence-corrected chi connectivity index (χ3v) is 5.19. The summed E-state index contributed by atoms with van der Waals surface area (Å²) < 4.78 is 69.0. The molecule has 4 heterocycles. The Morgan fingerprint density at radius 3 is 2.63 bits per heavy atom. The number of imidazole rings is 1. The summed E-state index contributed by atoms with van der Waals surface area (Å²) in [5.74, 6) is -0.857. The highest BCUT2D eigenvalue weighted by Gasteiger charge is 2.51. The van der Waals surface area contributed by atoms with Gasteiger partial charge in [0.1, 0.15) is 11.8 Å². The normalized spacial score (nSPS) is 21.7. The van der Waals surface area contributed by atoms with Crippen LogP contribution in [0.2, 0.25) is 0 Å². The van der Waals surface area contributed by atoms with Crippen molar-refractivity contribution < 1.29 is 27.1 Å². The first kappa shape index (κ1) is 20.5. The molecule has 0 bridgehead atoms. The Morgan fingerprint density at radius 1 is 1.20 bits per heavy atom. The third kappa shape index (κ3) is 3.47. The van der Waals surface area contributed by atoms with Crippen molar-refractivity contribution in [2.24, 2.45) is 0 Å². The highest BCUT2D eigenvalue weighted by atomic mass is 19.4. The maximum Gasteiger partial charge on any atom is 0.421 e. The molecule has 0 saturated carbocycles. The Morgan fingerprint density at radius 2 is 1.97 bits per heavy atom. The van der Waals surface area contributed by atoms with Gasteiger partial charge in [0.2, 0.25) is 0 Å². The van der Waals surface area contributed by atoms with Crippen LogP contribution in [0, 0.1) is 5.82 Å². The molecule has 6 nitrogen and oxygen atoms in total. The molecule has 3 atom stereocenters. The predicted molar refractivity (Wildman–Crippen MR) is 99.2 cm³/mol. The van der Waals surface area contributed by atoms with Gasteiger partial charge in [-0.2, -0.15) is 13.2 Å². The molecule has 30 heavy (non-hydrogen) atoms. The van der Waals surface area contributed by atoms with Gasteiger partial charge in [-0.1, -0.05) is 6.07 Å². The molecule has 0 aliphatic carbocycles. The largest absolute Gasteiger partial charge is 0.421 e. The fourth-order valence-electron chi connectivity index (χ4n) is 3.27. The molecule has 11 heteroatoms. The number of nitrogens with zero attached hydrogens (tertiary/aromatic N) is 3. The van der Waals surface area contributed by atoms with Gasteiger partial charge >= 0.3 is 6.18 Å². The Hall–Kier alpha value is -2.79. The number of nitrogens with one attached hydrogen (secondary N) is 2. The number of halogens is 5. The molecule has 4 rings (SSSR count). The van der Waals surface area contributed by atoms with Gasteiger partial charge in [0.05, 0.1) is 23.6 Å². The van der Waals surface area contributed by atoms with Gasteiger partial charge in [0.25, 0.3) is 0 Å². The van der Waals surface area contributed by atoms with E-state index in [0.29, 0.717) is 19.1 Å². The van der Waals surface area contributed by atoms with E-state index < -0.39 is 29.8 Å². The van der Waals surface area contributed by atoms with Crippen LogP contribution >= 0.6 is 0 Å². The lowest BCUT2D eigenvalue weighted by Gasteiger charge is -2.26. The second kappa shape index (κ2) is 7.17. The van der Waals surface area contributed by atoms with Crippen molar-refractivity contribution in [1.82, 2.24) is 19.7 Å². The first-order valence-electron chi connectivity index (χ1n) is 9.13. The van der Waals surface area contributed by atoms with E-state index in [4.69, 9.17) is 0 Å². The highest BCUT2D eigenvalue weighted by molar-refractivity contribution is 5.62. The number of aromatic nitrogens is 3. The molecule has 1 aliphatic heterocycles. The smallest absolute Gasteiger partial charge is 0.376 e. The summed E-state index contributed by atoms with van der Waals surface area (Å²) in [6, 6.07) is 4.30. The number of pyridine rings is 2. The summed E-state index contributed by atoms with van der Waals surface area (Å²) in [6.45, 7) is 1.11. The van der Waals surface area contributed by atoms with Crippen molar-refractivity contribution in [1.29, 1.82) is 0 Å². The number of hydrogen-bond acceptors (Lipinski definition) is 5. The van der Waals surface area contributed by atoms with Crippen LogP contribution in [-0.4, -0.2) is 51.0 Å². The standard InChI is InChI=1S/C19H18F5N5O/c1-18(30,19(22,23)24)10-2-5-16-26-8-15(29(16)9-10)13-4-3-11(20)17(27-13)28-14-7-25-6-12(14)21/h2-5,8-9,12,14,25,30H,6-7H2,1H3,(H,27,28)/t12-,14-,18+/m1/s1.